The van der Waals surface area contributed by atoms with Gasteiger partial charge in [0.05, 0.1) is 6.10 Å². The Hall–Kier alpha value is -0.780. The Bertz CT molecular complexity index is 210. The smallest absolute Gasteiger partial charge is 0.108 e. The second-order valence-corrected chi connectivity index (χ2v) is 3.37. The summed E-state index contributed by atoms with van der Waals surface area (Å²) in [5, 5.41) is 0. The fourth-order valence-electron chi connectivity index (χ4n) is 1.01. The Morgan fingerprint density at radius 2 is 2.00 bits per heavy atom. The summed E-state index contributed by atoms with van der Waals surface area (Å²) in [6, 6.07) is 0. The van der Waals surface area contributed by atoms with Gasteiger partial charge in [0.25, 0.3) is 0 Å². The van der Waals surface area contributed by atoms with Crippen LogP contribution in [-0.2, 0) is 9.47 Å². The quantitative estimate of drug-likeness (QED) is 0.365. The van der Waals surface area contributed by atoms with Crippen LogP contribution in [0.1, 0.15) is 33.1 Å². The maximum absolute atomic E-state index is 5.45. The molecule has 15 heavy (non-hydrogen) atoms. The van der Waals surface area contributed by atoms with Gasteiger partial charge in [-0.25, -0.2) is 0 Å². The van der Waals surface area contributed by atoms with Crippen molar-refractivity contribution in [3.8, 4) is 11.8 Å². The fraction of sp³-hybridized carbons (Fsp3) is 0.692. The highest BCUT2D eigenvalue weighted by Crippen LogP contribution is 1.98. The molecule has 0 spiro atoms. The van der Waals surface area contributed by atoms with Crippen LogP contribution in [-0.4, -0.2) is 26.4 Å². The zero-order chi connectivity index (χ0) is 11.4. The normalized spacial score (nSPS) is 12.5. The zero-order valence-corrected chi connectivity index (χ0v) is 10.1. The molecule has 0 N–H and O–H groups in total. The monoisotopic (exact) mass is 210 g/mol. The fourth-order valence-corrected chi connectivity index (χ4v) is 1.01. The van der Waals surface area contributed by atoms with Gasteiger partial charge >= 0.3 is 0 Å². The first-order valence-electron chi connectivity index (χ1n) is 5.54. The van der Waals surface area contributed by atoms with E-state index < -0.39 is 0 Å². The summed E-state index contributed by atoms with van der Waals surface area (Å²) in [4.78, 5) is 0. The van der Waals surface area contributed by atoms with Crippen LogP contribution >= 0.6 is 0 Å². The van der Waals surface area contributed by atoms with Crippen LogP contribution in [0.5, 0.6) is 0 Å². The third-order valence-electron chi connectivity index (χ3n) is 1.89. The average molecular weight is 210 g/mol. The van der Waals surface area contributed by atoms with E-state index in [0.29, 0.717) is 13.2 Å². The molecule has 0 bridgehead atoms. The van der Waals surface area contributed by atoms with E-state index in [2.05, 4.69) is 30.9 Å². The molecular formula is C13H22O2. The lowest BCUT2D eigenvalue weighted by Crippen LogP contribution is -2.04. The van der Waals surface area contributed by atoms with Gasteiger partial charge in [0.2, 0.25) is 0 Å². The number of hydrogen-bond acceptors (Lipinski definition) is 2. The lowest BCUT2D eigenvalue weighted by Gasteiger charge is -2.04. The molecule has 0 aromatic carbocycles. The van der Waals surface area contributed by atoms with E-state index in [1.165, 1.54) is 12.8 Å². The second-order valence-electron chi connectivity index (χ2n) is 3.37. The summed E-state index contributed by atoms with van der Waals surface area (Å²) in [5.41, 5.74) is 0. The molecule has 0 unspecified atom stereocenters. The molecule has 0 aliphatic heterocycles. The molecule has 0 aromatic rings. The molecule has 0 heterocycles. The van der Waals surface area contributed by atoms with Crippen LogP contribution in [0, 0.1) is 11.8 Å². The Labute approximate surface area is 93.7 Å². The molecule has 1 atom stereocenters. The van der Waals surface area contributed by atoms with E-state index in [1.807, 2.05) is 6.92 Å². The van der Waals surface area contributed by atoms with Crippen LogP contribution in [0.3, 0.4) is 0 Å². The van der Waals surface area contributed by atoms with Gasteiger partial charge in [0, 0.05) is 7.11 Å². The van der Waals surface area contributed by atoms with Gasteiger partial charge < -0.3 is 9.47 Å². The van der Waals surface area contributed by atoms with Crippen LogP contribution in [0.4, 0.5) is 0 Å². The number of rotatable bonds is 7. The number of ether oxygens (including phenoxy) is 2. The first kappa shape index (κ1) is 14.2. The van der Waals surface area contributed by atoms with E-state index in [0.717, 1.165) is 6.42 Å². The van der Waals surface area contributed by atoms with Crippen molar-refractivity contribution in [2.24, 2.45) is 0 Å². The highest BCUT2D eigenvalue weighted by molar-refractivity contribution is 4.99. The van der Waals surface area contributed by atoms with Crippen molar-refractivity contribution >= 4 is 0 Å². The molecular weight excluding hydrogens is 188 g/mol. The van der Waals surface area contributed by atoms with E-state index in [1.54, 1.807) is 7.11 Å². The van der Waals surface area contributed by atoms with Gasteiger partial charge in [0.1, 0.15) is 13.2 Å². The van der Waals surface area contributed by atoms with E-state index in [9.17, 15) is 0 Å². The van der Waals surface area contributed by atoms with Crippen molar-refractivity contribution in [1.29, 1.82) is 0 Å². The summed E-state index contributed by atoms with van der Waals surface area (Å²) in [6.07, 6.45) is 8.04. The number of allylic oxidation sites excluding steroid dienone is 1. The minimum atomic E-state index is 0.152. The molecule has 2 heteroatoms. The maximum atomic E-state index is 5.45. The van der Waals surface area contributed by atoms with E-state index >= 15 is 0 Å². The van der Waals surface area contributed by atoms with Crippen LogP contribution in [0.15, 0.2) is 12.2 Å². The van der Waals surface area contributed by atoms with Gasteiger partial charge in [-0.1, -0.05) is 43.8 Å². The van der Waals surface area contributed by atoms with Crippen LogP contribution in [0.2, 0.25) is 0 Å². The lowest BCUT2D eigenvalue weighted by molar-refractivity contribution is 0.127. The molecule has 0 fully saturated rings. The standard InChI is InChI=1S/C13H22O2/c1-4-5-6-7-10-13(2)15-12-9-8-11-14-3/h7,10,13H,4-6,11-12H2,1-3H3/b10-7+/t13-/m0/s1. The number of hydrogen-bond donors (Lipinski definition) is 0. The maximum Gasteiger partial charge on any atom is 0.108 e. The molecule has 0 saturated carbocycles. The summed E-state index contributed by atoms with van der Waals surface area (Å²) >= 11 is 0. The largest absolute Gasteiger partial charge is 0.372 e. The molecule has 0 aliphatic carbocycles. The Morgan fingerprint density at radius 1 is 1.27 bits per heavy atom. The van der Waals surface area contributed by atoms with Gasteiger partial charge in [-0.3, -0.25) is 0 Å². The summed E-state index contributed by atoms with van der Waals surface area (Å²) in [7, 11) is 1.63. The second kappa shape index (κ2) is 11.3. The predicted octanol–water partition coefficient (Wildman–Crippen LogP) is 2.79. The summed E-state index contributed by atoms with van der Waals surface area (Å²) < 4.78 is 10.3. The van der Waals surface area contributed by atoms with E-state index in [-0.39, 0.29) is 6.10 Å². The number of unbranched alkanes of at least 4 members (excludes halogenated alkanes) is 2. The molecule has 0 radical (unpaired) electrons. The van der Waals surface area contributed by atoms with Crippen molar-refractivity contribution in [3.63, 3.8) is 0 Å². The summed E-state index contributed by atoms with van der Waals surface area (Å²) in [6.45, 7) is 5.17. The Kier molecular flexibility index (Phi) is 10.7. The van der Waals surface area contributed by atoms with Crippen LogP contribution in [0.25, 0.3) is 0 Å². The first-order chi connectivity index (χ1) is 7.31. The van der Waals surface area contributed by atoms with Crippen LogP contribution < -0.4 is 0 Å². The minimum absolute atomic E-state index is 0.152. The highest BCUT2D eigenvalue weighted by atomic mass is 16.5. The van der Waals surface area contributed by atoms with Gasteiger partial charge in [0.15, 0.2) is 0 Å². The average Bonchev–Trinajstić information content (AvgIpc) is 2.24. The third-order valence-corrected chi connectivity index (χ3v) is 1.89. The molecule has 0 amide bonds. The molecule has 0 saturated heterocycles. The summed E-state index contributed by atoms with van der Waals surface area (Å²) in [5.74, 6) is 5.73. The van der Waals surface area contributed by atoms with Gasteiger partial charge in [-0.05, 0) is 13.3 Å². The SMILES string of the molecule is CCCC/C=C/[C@H](C)OCC#CCOC. The number of methoxy groups -OCH3 is 1. The lowest BCUT2D eigenvalue weighted by atomic mass is 10.2. The topological polar surface area (TPSA) is 18.5 Å². The van der Waals surface area contributed by atoms with Gasteiger partial charge in [-0.2, -0.15) is 0 Å². The third kappa shape index (κ3) is 11.1. The zero-order valence-electron chi connectivity index (χ0n) is 10.1. The van der Waals surface area contributed by atoms with Gasteiger partial charge in [-0.15, -0.1) is 0 Å². The molecule has 86 valence electrons. The van der Waals surface area contributed by atoms with Crippen molar-refractivity contribution in [2.45, 2.75) is 39.2 Å². The van der Waals surface area contributed by atoms with E-state index in [4.69, 9.17) is 9.47 Å². The molecule has 0 aliphatic rings. The van der Waals surface area contributed by atoms with Crippen molar-refractivity contribution in [2.75, 3.05) is 20.3 Å². The highest BCUT2D eigenvalue weighted by Gasteiger charge is 1.92. The first-order valence-corrected chi connectivity index (χ1v) is 5.54. The minimum Gasteiger partial charge on any atom is -0.372 e. The van der Waals surface area contributed by atoms with Crippen molar-refractivity contribution < 1.29 is 9.47 Å². The molecule has 0 rings (SSSR count). The Balaban J connectivity index is 3.45. The van der Waals surface area contributed by atoms with Crippen molar-refractivity contribution in [3.05, 3.63) is 12.2 Å². The molecule has 0 aromatic heterocycles. The van der Waals surface area contributed by atoms with Crippen molar-refractivity contribution in [1.82, 2.24) is 0 Å². The Morgan fingerprint density at radius 3 is 2.67 bits per heavy atom. The predicted molar refractivity (Wildman–Crippen MR) is 63.7 cm³/mol. The molecule has 2 nitrogen and oxygen atoms in total.